The molecule has 0 saturated carbocycles. The molecule has 1 heterocycles. The standard InChI is InChI=1S/C15H21FN2O4S.CH2O2/c1-18-8-6-14(19)13(10-18)15(20)17-7-9-23(21,22)12-4-2-11(16)3-5-12;2-1-3/h2-5,13-14,19H,6-10H2,1H3,(H,17,20);1H,(H,2,3)/t13-,14+;/m1./s1. The van der Waals surface area contributed by atoms with E-state index in [1.165, 1.54) is 12.1 Å². The molecule has 10 heteroatoms. The van der Waals surface area contributed by atoms with E-state index in [1.54, 1.807) is 0 Å². The number of aliphatic hydroxyl groups excluding tert-OH is 1. The molecular weight excluding hydrogens is 367 g/mol. The Morgan fingerprint density at radius 3 is 2.54 bits per heavy atom. The predicted molar refractivity (Wildman–Crippen MR) is 91.8 cm³/mol. The molecule has 26 heavy (non-hydrogen) atoms. The Balaban J connectivity index is 0.00000105. The Hall–Kier alpha value is -2.04. The highest BCUT2D eigenvalue weighted by molar-refractivity contribution is 7.91. The molecule has 0 spiro atoms. The minimum atomic E-state index is -3.58. The lowest BCUT2D eigenvalue weighted by Gasteiger charge is -2.32. The third-order valence-electron chi connectivity index (χ3n) is 3.96. The molecule has 1 saturated heterocycles. The summed E-state index contributed by atoms with van der Waals surface area (Å²) in [7, 11) is -1.72. The first-order chi connectivity index (χ1) is 12.2. The van der Waals surface area contributed by atoms with Crippen LogP contribution in [0, 0.1) is 11.7 Å². The summed E-state index contributed by atoms with van der Waals surface area (Å²) in [6.45, 7) is 0.868. The second-order valence-electron chi connectivity index (χ2n) is 5.89. The molecule has 1 aliphatic rings. The van der Waals surface area contributed by atoms with Crippen LogP contribution in [-0.2, 0) is 19.4 Å². The van der Waals surface area contributed by atoms with Crippen LogP contribution < -0.4 is 5.32 Å². The third kappa shape index (κ3) is 6.70. The van der Waals surface area contributed by atoms with Crippen molar-refractivity contribution in [1.29, 1.82) is 0 Å². The molecule has 1 fully saturated rings. The maximum Gasteiger partial charge on any atom is 0.290 e. The van der Waals surface area contributed by atoms with Gasteiger partial charge in [0.05, 0.1) is 22.7 Å². The van der Waals surface area contributed by atoms with E-state index in [4.69, 9.17) is 9.90 Å². The van der Waals surface area contributed by atoms with Gasteiger partial charge >= 0.3 is 0 Å². The SMILES string of the molecule is CN1CC[C@H](O)[C@H](C(=O)NCCS(=O)(=O)c2ccc(F)cc2)C1.O=CO. The van der Waals surface area contributed by atoms with Gasteiger partial charge in [-0.1, -0.05) is 0 Å². The average Bonchev–Trinajstić information content (AvgIpc) is 2.58. The first-order valence-electron chi connectivity index (χ1n) is 7.91. The number of carbonyl (C=O) groups is 2. The molecular formula is C16H23FN2O6S. The number of carboxylic acid groups (broad SMARTS) is 1. The molecule has 1 aromatic carbocycles. The number of rotatable bonds is 5. The van der Waals surface area contributed by atoms with Gasteiger partial charge in [-0.15, -0.1) is 0 Å². The summed E-state index contributed by atoms with van der Waals surface area (Å²) in [5, 5.41) is 19.3. The Morgan fingerprint density at radius 1 is 1.38 bits per heavy atom. The molecule has 0 radical (unpaired) electrons. The Kier molecular flexibility index (Phi) is 8.62. The molecule has 146 valence electrons. The molecule has 1 aromatic rings. The minimum Gasteiger partial charge on any atom is -0.483 e. The van der Waals surface area contributed by atoms with E-state index in [2.05, 4.69) is 5.32 Å². The van der Waals surface area contributed by atoms with Gasteiger partial charge in [-0.3, -0.25) is 9.59 Å². The van der Waals surface area contributed by atoms with Crippen LogP contribution in [0.5, 0.6) is 0 Å². The normalized spacial score (nSPS) is 20.6. The molecule has 0 bridgehead atoms. The monoisotopic (exact) mass is 390 g/mol. The van der Waals surface area contributed by atoms with Crippen LogP contribution in [-0.4, -0.2) is 74.4 Å². The molecule has 2 rings (SSSR count). The highest BCUT2D eigenvalue weighted by Gasteiger charge is 2.31. The van der Waals surface area contributed by atoms with Crippen LogP contribution in [0.3, 0.4) is 0 Å². The second kappa shape index (κ2) is 10.2. The minimum absolute atomic E-state index is 0.0191. The number of hydrogen-bond donors (Lipinski definition) is 3. The van der Waals surface area contributed by atoms with Crippen molar-refractivity contribution in [1.82, 2.24) is 10.2 Å². The summed E-state index contributed by atoms with van der Waals surface area (Å²) in [6.07, 6.45) is -0.192. The van der Waals surface area contributed by atoms with Crippen LogP contribution in [0.25, 0.3) is 0 Å². The summed E-state index contributed by atoms with van der Waals surface area (Å²) in [4.78, 5) is 22.4. The summed E-state index contributed by atoms with van der Waals surface area (Å²) >= 11 is 0. The first-order valence-corrected chi connectivity index (χ1v) is 9.57. The fourth-order valence-electron chi connectivity index (χ4n) is 2.56. The second-order valence-corrected chi connectivity index (χ2v) is 8.00. The zero-order valence-electron chi connectivity index (χ0n) is 14.3. The lowest BCUT2D eigenvalue weighted by atomic mass is 9.94. The molecule has 3 N–H and O–H groups in total. The maximum atomic E-state index is 12.8. The summed E-state index contributed by atoms with van der Waals surface area (Å²) in [5.41, 5.74) is 0. The van der Waals surface area contributed by atoms with E-state index in [-0.39, 0.29) is 29.6 Å². The number of nitrogens with one attached hydrogen (secondary N) is 1. The van der Waals surface area contributed by atoms with Gasteiger partial charge in [-0.25, -0.2) is 12.8 Å². The van der Waals surface area contributed by atoms with E-state index in [0.717, 1.165) is 18.7 Å². The van der Waals surface area contributed by atoms with Crippen molar-refractivity contribution in [2.24, 2.45) is 5.92 Å². The maximum absolute atomic E-state index is 12.8. The van der Waals surface area contributed by atoms with Crippen molar-refractivity contribution in [2.45, 2.75) is 17.4 Å². The molecule has 0 unspecified atom stereocenters. The number of sulfone groups is 1. The summed E-state index contributed by atoms with van der Waals surface area (Å²) in [5.74, 6) is -1.68. The fraction of sp³-hybridized carbons (Fsp3) is 0.500. The zero-order chi connectivity index (χ0) is 19.7. The number of benzene rings is 1. The number of aliphatic hydroxyl groups is 1. The van der Waals surface area contributed by atoms with Crippen LogP contribution in [0.2, 0.25) is 0 Å². The lowest BCUT2D eigenvalue weighted by Crippen LogP contribution is -2.49. The van der Waals surface area contributed by atoms with Crippen molar-refractivity contribution in [3.05, 3.63) is 30.1 Å². The molecule has 1 amide bonds. The van der Waals surface area contributed by atoms with Gasteiger partial charge in [0.2, 0.25) is 5.91 Å². The molecule has 2 atom stereocenters. The molecule has 8 nitrogen and oxygen atoms in total. The number of piperidine rings is 1. The number of nitrogens with zero attached hydrogens (tertiary/aromatic N) is 1. The van der Waals surface area contributed by atoms with E-state index < -0.39 is 27.7 Å². The predicted octanol–water partition coefficient (Wildman–Crippen LogP) is -0.271. The van der Waals surface area contributed by atoms with Gasteiger partial charge in [0.25, 0.3) is 6.47 Å². The molecule has 0 aromatic heterocycles. The van der Waals surface area contributed by atoms with Crippen molar-refractivity contribution in [3.63, 3.8) is 0 Å². The van der Waals surface area contributed by atoms with Gasteiger partial charge < -0.3 is 20.4 Å². The quantitative estimate of drug-likeness (QED) is 0.467. The number of carbonyl (C=O) groups excluding carboxylic acids is 1. The van der Waals surface area contributed by atoms with Crippen molar-refractivity contribution < 1.29 is 32.6 Å². The van der Waals surface area contributed by atoms with E-state index in [0.29, 0.717) is 13.0 Å². The smallest absolute Gasteiger partial charge is 0.290 e. The van der Waals surface area contributed by atoms with Crippen LogP contribution in [0.1, 0.15) is 6.42 Å². The first kappa shape index (κ1) is 22.0. The number of amides is 1. The Bertz CT molecular complexity index is 695. The van der Waals surface area contributed by atoms with Crippen molar-refractivity contribution in [3.8, 4) is 0 Å². The number of halogens is 1. The summed E-state index contributed by atoms with van der Waals surface area (Å²) < 4.78 is 37.0. The highest BCUT2D eigenvalue weighted by atomic mass is 32.2. The number of hydrogen-bond acceptors (Lipinski definition) is 6. The third-order valence-corrected chi connectivity index (χ3v) is 5.69. The van der Waals surface area contributed by atoms with Crippen molar-refractivity contribution in [2.75, 3.05) is 32.4 Å². The summed E-state index contributed by atoms with van der Waals surface area (Å²) in [6, 6.07) is 4.57. The lowest BCUT2D eigenvalue weighted by molar-refractivity contribution is -0.131. The molecule has 1 aliphatic heterocycles. The van der Waals surface area contributed by atoms with Gasteiger partial charge in [0.15, 0.2) is 9.84 Å². The van der Waals surface area contributed by atoms with Gasteiger partial charge in [0.1, 0.15) is 5.82 Å². The largest absolute Gasteiger partial charge is 0.483 e. The average molecular weight is 390 g/mol. The topological polar surface area (TPSA) is 124 Å². The van der Waals surface area contributed by atoms with Gasteiger partial charge in [-0.2, -0.15) is 0 Å². The zero-order valence-corrected chi connectivity index (χ0v) is 15.2. The van der Waals surface area contributed by atoms with E-state index in [1.807, 2.05) is 11.9 Å². The van der Waals surface area contributed by atoms with E-state index >= 15 is 0 Å². The number of likely N-dealkylation sites (tertiary alicyclic amines) is 1. The van der Waals surface area contributed by atoms with Crippen LogP contribution in [0.4, 0.5) is 4.39 Å². The van der Waals surface area contributed by atoms with E-state index in [9.17, 15) is 22.7 Å². The highest BCUT2D eigenvalue weighted by Crippen LogP contribution is 2.16. The molecule has 0 aliphatic carbocycles. The van der Waals surface area contributed by atoms with Crippen molar-refractivity contribution >= 4 is 22.2 Å². The Labute approximate surface area is 151 Å². The Morgan fingerprint density at radius 2 is 1.96 bits per heavy atom. The van der Waals surface area contributed by atoms with Gasteiger partial charge in [-0.05, 0) is 37.7 Å². The van der Waals surface area contributed by atoms with Crippen LogP contribution >= 0.6 is 0 Å². The van der Waals surface area contributed by atoms with Crippen LogP contribution in [0.15, 0.2) is 29.2 Å². The van der Waals surface area contributed by atoms with Gasteiger partial charge in [0, 0.05) is 19.6 Å². The fourth-order valence-corrected chi connectivity index (χ4v) is 3.72.